The van der Waals surface area contributed by atoms with E-state index >= 15 is 4.79 Å². The fourth-order valence-corrected chi connectivity index (χ4v) is 14.3. The van der Waals surface area contributed by atoms with Crippen LogP contribution in [0, 0.1) is 56.7 Å². The summed E-state index contributed by atoms with van der Waals surface area (Å²) in [4.78, 5) is 28.1. The highest BCUT2D eigenvalue weighted by molar-refractivity contribution is 5.79. The summed E-state index contributed by atoms with van der Waals surface area (Å²) >= 11 is 0. The highest BCUT2D eigenvalue weighted by Gasteiger charge is 2.72. The van der Waals surface area contributed by atoms with Gasteiger partial charge in [-0.25, -0.2) is 4.79 Å². The lowest BCUT2D eigenvalue weighted by Crippen LogP contribution is -2.67. The van der Waals surface area contributed by atoms with Gasteiger partial charge in [-0.05, 0) is 129 Å². The summed E-state index contributed by atoms with van der Waals surface area (Å²) in [7, 11) is 0. The minimum absolute atomic E-state index is 0.00924. The SMILES string of the molecule is C=C(C)[C@@H]1CC[C@]2(C(=O)O[C@@H]3O[C@H](C(=O)OCC)[C@@H](O)[C@H](O)[C@H]3O[C@@H]3OC[C@@H](O)[C@H](O)[C@H]3O)CC[C@]3(C)[C@H](CC[C@@H]4[C@@]5(C)CC[C@H](O)C(C)(C)[C@@H]5CC[C@]43C)[C@@H]12. The second-order valence-electron chi connectivity index (χ2n) is 20.1. The maximum atomic E-state index is 15.1. The van der Waals surface area contributed by atoms with Crippen LogP contribution in [0.3, 0.4) is 0 Å². The summed E-state index contributed by atoms with van der Waals surface area (Å²) in [5.41, 5.74) is -0.0355. The molecule has 0 aromatic heterocycles. The zero-order valence-electron chi connectivity index (χ0n) is 34.4. The number of aliphatic hydroxyl groups excluding tert-OH is 6. The number of allylic oxidation sites excluding steroid dienone is 1. The van der Waals surface area contributed by atoms with Crippen molar-refractivity contribution in [1.29, 1.82) is 0 Å². The number of hydrogen-bond donors (Lipinski definition) is 6. The molecular formula is C43H68O13. The molecule has 0 amide bonds. The van der Waals surface area contributed by atoms with Gasteiger partial charge < -0.3 is 54.3 Å². The molecule has 5 saturated carbocycles. The van der Waals surface area contributed by atoms with Crippen molar-refractivity contribution < 1.29 is 63.9 Å². The number of rotatable bonds is 7. The van der Waals surface area contributed by atoms with Gasteiger partial charge in [0, 0.05) is 0 Å². The predicted octanol–water partition coefficient (Wildman–Crippen LogP) is 3.38. The van der Waals surface area contributed by atoms with Gasteiger partial charge in [-0.15, -0.1) is 0 Å². The van der Waals surface area contributed by atoms with Crippen molar-refractivity contribution in [3.8, 4) is 0 Å². The Kier molecular flexibility index (Phi) is 11.2. The average Bonchev–Trinajstić information content (AvgIpc) is 3.55. The van der Waals surface area contributed by atoms with Gasteiger partial charge in [0.2, 0.25) is 6.29 Å². The smallest absolute Gasteiger partial charge is 0.338 e. The number of fused-ring (bicyclic) bond motifs is 7. The summed E-state index contributed by atoms with van der Waals surface area (Å²) in [6.07, 6.45) is -6.80. The predicted molar refractivity (Wildman–Crippen MR) is 201 cm³/mol. The first kappa shape index (κ1) is 42.4. The lowest BCUT2D eigenvalue weighted by molar-refractivity contribution is -0.349. The summed E-state index contributed by atoms with van der Waals surface area (Å²) in [6.45, 7) is 19.6. The molecule has 2 aliphatic heterocycles. The molecule has 2 saturated heterocycles. The summed E-state index contributed by atoms with van der Waals surface area (Å²) in [6, 6.07) is 0. The van der Waals surface area contributed by atoms with E-state index in [-0.39, 0.29) is 52.1 Å². The Hall–Kier alpha value is -1.68. The van der Waals surface area contributed by atoms with Crippen LogP contribution in [-0.4, -0.2) is 117 Å². The van der Waals surface area contributed by atoms with Crippen molar-refractivity contribution in [3.05, 3.63) is 12.2 Å². The normalized spacial score (nSPS) is 52.4. The Morgan fingerprint density at radius 1 is 0.768 bits per heavy atom. The molecule has 56 heavy (non-hydrogen) atoms. The Balaban J connectivity index is 1.20. The van der Waals surface area contributed by atoms with Crippen LogP contribution in [0.4, 0.5) is 0 Å². The average molecular weight is 793 g/mol. The van der Waals surface area contributed by atoms with Crippen molar-refractivity contribution in [1.82, 2.24) is 0 Å². The standard InChI is InChI=1S/C43H68O13/c1-9-52-35(50)33-30(47)31(48)34(55-36-32(49)29(46)24(44)20-53-36)37(54-33)56-38(51)43-17-12-22(21(2)3)28(43)23-10-11-26-40(6)15-14-27(45)39(4,5)25(40)13-16-42(26,8)41(23,7)18-19-43/h22-34,36-37,44-49H,2,9-20H2,1,3-8H3/t22-,23+,24+,25-,26+,27-,28+,29-,30-,31-,32+,33-,34+,36-,37-,40-,41+,42+,43-/m0/s1. The van der Waals surface area contributed by atoms with E-state index in [1.165, 1.54) is 0 Å². The number of esters is 2. The molecule has 0 unspecified atom stereocenters. The molecule has 0 aromatic rings. The van der Waals surface area contributed by atoms with E-state index in [2.05, 4.69) is 41.2 Å². The Morgan fingerprint density at radius 3 is 2.16 bits per heavy atom. The van der Waals surface area contributed by atoms with Gasteiger partial charge in [0.15, 0.2) is 18.5 Å². The van der Waals surface area contributed by atoms with Crippen molar-refractivity contribution in [2.24, 2.45) is 56.7 Å². The third-order valence-corrected chi connectivity index (χ3v) is 17.5. The van der Waals surface area contributed by atoms with E-state index in [4.69, 9.17) is 23.7 Å². The lowest BCUT2D eigenvalue weighted by atomic mass is 9.32. The van der Waals surface area contributed by atoms with Gasteiger partial charge in [0.25, 0.3) is 0 Å². The maximum Gasteiger partial charge on any atom is 0.338 e. The summed E-state index contributed by atoms with van der Waals surface area (Å²) in [5.74, 6) is -0.416. The van der Waals surface area contributed by atoms with Crippen molar-refractivity contribution in [3.63, 3.8) is 0 Å². The van der Waals surface area contributed by atoms with E-state index in [9.17, 15) is 35.4 Å². The topological polar surface area (TPSA) is 202 Å². The molecule has 0 radical (unpaired) electrons. The van der Waals surface area contributed by atoms with Crippen LogP contribution in [0.2, 0.25) is 0 Å². The zero-order valence-corrected chi connectivity index (χ0v) is 34.4. The Bertz CT molecular complexity index is 1520. The van der Waals surface area contributed by atoms with Gasteiger partial charge >= 0.3 is 11.9 Å². The Labute approximate surface area is 331 Å². The molecule has 2 heterocycles. The van der Waals surface area contributed by atoms with Gasteiger partial charge in [-0.1, -0.05) is 46.8 Å². The minimum atomic E-state index is -1.86. The molecule has 0 bridgehead atoms. The van der Waals surface area contributed by atoms with Gasteiger partial charge in [0.1, 0.15) is 30.5 Å². The quantitative estimate of drug-likeness (QED) is 0.162. The van der Waals surface area contributed by atoms with E-state index < -0.39 is 79.3 Å². The fourth-order valence-electron chi connectivity index (χ4n) is 14.3. The minimum Gasteiger partial charge on any atom is -0.464 e. The fraction of sp³-hybridized carbons (Fsp3) is 0.907. The van der Waals surface area contributed by atoms with Crippen LogP contribution in [0.1, 0.15) is 113 Å². The second kappa shape index (κ2) is 14.8. The van der Waals surface area contributed by atoms with Crippen LogP contribution in [0.25, 0.3) is 0 Å². The number of ether oxygens (including phenoxy) is 5. The third-order valence-electron chi connectivity index (χ3n) is 17.5. The Morgan fingerprint density at radius 2 is 1.48 bits per heavy atom. The third kappa shape index (κ3) is 6.18. The number of hydrogen-bond acceptors (Lipinski definition) is 13. The van der Waals surface area contributed by atoms with E-state index in [1.807, 2.05) is 6.92 Å². The van der Waals surface area contributed by atoms with Crippen LogP contribution >= 0.6 is 0 Å². The van der Waals surface area contributed by atoms with Gasteiger partial charge in [-0.3, -0.25) is 4.79 Å². The van der Waals surface area contributed by atoms with Crippen molar-refractivity contribution in [2.75, 3.05) is 13.2 Å². The molecular weight excluding hydrogens is 724 g/mol. The van der Waals surface area contributed by atoms with Crippen molar-refractivity contribution >= 4 is 11.9 Å². The van der Waals surface area contributed by atoms with Gasteiger partial charge in [0.05, 0.1) is 24.7 Å². The monoisotopic (exact) mass is 792 g/mol. The molecule has 13 nitrogen and oxygen atoms in total. The molecule has 7 fully saturated rings. The van der Waals surface area contributed by atoms with E-state index in [0.29, 0.717) is 24.7 Å². The molecule has 0 aromatic carbocycles. The highest BCUT2D eigenvalue weighted by Crippen LogP contribution is 2.77. The molecule has 0 spiro atoms. The van der Waals surface area contributed by atoms with Crippen LogP contribution in [0.15, 0.2) is 12.2 Å². The molecule has 318 valence electrons. The first-order chi connectivity index (χ1) is 26.2. The van der Waals surface area contributed by atoms with E-state index in [1.54, 1.807) is 6.92 Å². The first-order valence-corrected chi connectivity index (χ1v) is 21.2. The molecule has 6 N–H and O–H groups in total. The summed E-state index contributed by atoms with van der Waals surface area (Å²) in [5, 5.41) is 64.6. The lowest BCUT2D eigenvalue weighted by Gasteiger charge is -2.72. The van der Waals surface area contributed by atoms with Gasteiger partial charge in [-0.2, -0.15) is 0 Å². The zero-order chi connectivity index (χ0) is 40.9. The molecule has 13 heteroatoms. The molecule has 5 aliphatic carbocycles. The first-order valence-electron chi connectivity index (χ1n) is 21.2. The van der Waals surface area contributed by atoms with E-state index in [0.717, 1.165) is 56.9 Å². The summed E-state index contributed by atoms with van der Waals surface area (Å²) < 4.78 is 28.7. The van der Waals surface area contributed by atoms with Crippen molar-refractivity contribution in [2.45, 2.75) is 174 Å². The molecule has 19 atom stereocenters. The number of carbonyl (C=O) groups is 2. The molecule has 7 rings (SSSR count). The second-order valence-corrected chi connectivity index (χ2v) is 20.1. The molecule has 7 aliphatic rings. The number of carbonyl (C=O) groups excluding carboxylic acids is 2. The number of aliphatic hydroxyl groups is 6. The van der Waals surface area contributed by atoms with Crippen LogP contribution in [-0.2, 0) is 33.3 Å². The van der Waals surface area contributed by atoms with Crippen LogP contribution in [0.5, 0.6) is 0 Å². The van der Waals surface area contributed by atoms with Crippen LogP contribution < -0.4 is 0 Å². The maximum absolute atomic E-state index is 15.1. The highest BCUT2D eigenvalue weighted by atomic mass is 16.8. The largest absolute Gasteiger partial charge is 0.464 e.